The van der Waals surface area contributed by atoms with E-state index in [0.717, 1.165) is 67.0 Å². The SMILES string of the molecule is CC(=O)N1CCN(c2nc(-c3cccnc3)nc3sc4c(c23)CCC(C)C4)CC1. The first-order chi connectivity index (χ1) is 14.1. The number of aryl methyl sites for hydroxylation is 1. The van der Waals surface area contributed by atoms with Gasteiger partial charge in [0.25, 0.3) is 0 Å². The lowest BCUT2D eigenvalue weighted by atomic mass is 9.89. The molecule has 150 valence electrons. The number of carbonyl (C=O) groups excluding carboxylic acids is 1. The standard InChI is InChI=1S/C22H25N5OS/c1-14-5-6-17-18(12-14)29-22-19(17)21(27-10-8-26(9-11-27)15(2)28)24-20(25-22)16-4-3-7-23-13-16/h3-4,7,13-14H,5-6,8-12H2,1-2H3. The molecule has 0 saturated carbocycles. The second-order valence-electron chi connectivity index (χ2n) is 8.14. The Morgan fingerprint density at radius 2 is 2.03 bits per heavy atom. The van der Waals surface area contributed by atoms with Crippen LogP contribution in [-0.4, -0.2) is 51.9 Å². The van der Waals surface area contributed by atoms with Crippen LogP contribution in [0.4, 0.5) is 5.82 Å². The Morgan fingerprint density at radius 1 is 1.21 bits per heavy atom. The predicted molar refractivity (Wildman–Crippen MR) is 116 cm³/mol. The number of nitrogens with zero attached hydrogens (tertiary/aromatic N) is 5. The van der Waals surface area contributed by atoms with E-state index >= 15 is 0 Å². The zero-order valence-corrected chi connectivity index (χ0v) is 17.7. The molecule has 1 unspecified atom stereocenters. The van der Waals surface area contributed by atoms with Crippen LogP contribution in [0.2, 0.25) is 0 Å². The van der Waals surface area contributed by atoms with Gasteiger partial charge in [0.15, 0.2) is 5.82 Å². The van der Waals surface area contributed by atoms with E-state index in [1.807, 2.05) is 34.6 Å². The van der Waals surface area contributed by atoms with Crippen molar-refractivity contribution in [2.45, 2.75) is 33.1 Å². The number of carbonyl (C=O) groups is 1. The monoisotopic (exact) mass is 407 g/mol. The van der Waals surface area contributed by atoms with Gasteiger partial charge < -0.3 is 9.80 Å². The van der Waals surface area contributed by atoms with Gasteiger partial charge in [-0.2, -0.15) is 0 Å². The van der Waals surface area contributed by atoms with Crippen molar-refractivity contribution in [2.75, 3.05) is 31.1 Å². The van der Waals surface area contributed by atoms with Crippen LogP contribution in [0.15, 0.2) is 24.5 Å². The normalized spacial score (nSPS) is 19.4. The number of amides is 1. The molecule has 1 amide bonds. The summed E-state index contributed by atoms with van der Waals surface area (Å²) in [6.45, 7) is 7.08. The first-order valence-corrected chi connectivity index (χ1v) is 11.1. The third-order valence-corrected chi connectivity index (χ3v) is 7.23. The molecule has 3 aromatic heterocycles. The van der Waals surface area contributed by atoms with Gasteiger partial charge in [0.1, 0.15) is 10.6 Å². The van der Waals surface area contributed by atoms with E-state index in [1.54, 1.807) is 13.1 Å². The van der Waals surface area contributed by atoms with E-state index in [4.69, 9.17) is 9.97 Å². The fourth-order valence-electron chi connectivity index (χ4n) is 4.41. The topological polar surface area (TPSA) is 62.2 Å². The highest BCUT2D eigenvalue weighted by molar-refractivity contribution is 7.19. The molecule has 2 aliphatic rings. The number of thiophene rings is 1. The number of anilines is 1. The second kappa shape index (κ2) is 7.37. The van der Waals surface area contributed by atoms with E-state index in [-0.39, 0.29) is 5.91 Å². The van der Waals surface area contributed by atoms with Crippen LogP contribution < -0.4 is 4.90 Å². The minimum Gasteiger partial charge on any atom is -0.352 e. The molecular weight excluding hydrogens is 382 g/mol. The van der Waals surface area contributed by atoms with Crippen LogP contribution >= 0.6 is 11.3 Å². The summed E-state index contributed by atoms with van der Waals surface area (Å²) >= 11 is 1.83. The Labute approximate surface area is 174 Å². The van der Waals surface area contributed by atoms with Crippen LogP contribution in [-0.2, 0) is 17.6 Å². The van der Waals surface area contributed by atoms with Gasteiger partial charge in [-0.25, -0.2) is 9.97 Å². The highest BCUT2D eigenvalue weighted by Gasteiger charge is 2.28. The second-order valence-corrected chi connectivity index (χ2v) is 9.22. The molecule has 1 atom stereocenters. The lowest BCUT2D eigenvalue weighted by molar-refractivity contribution is -0.129. The number of pyridine rings is 1. The summed E-state index contributed by atoms with van der Waals surface area (Å²) in [4.78, 5) is 32.8. The molecule has 3 aromatic rings. The molecule has 6 nitrogen and oxygen atoms in total. The average Bonchev–Trinajstić information content (AvgIpc) is 3.11. The molecule has 29 heavy (non-hydrogen) atoms. The van der Waals surface area contributed by atoms with Crippen molar-refractivity contribution >= 4 is 33.3 Å². The number of rotatable bonds is 2. The van der Waals surface area contributed by atoms with Gasteiger partial charge in [0.2, 0.25) is 5.91 Å². The molecule has 0 N–H and O–H groups in total. The number of fused-ring (bicyclic) bond motifs is 3. The fraction of sp³-hybridized carbons (Fsp3) is 0.455. The molecule has 0 spiro atoms. The zero-order valence-electron chi connectivity index (χ0n) is 16.9. The van der Waals surface area contributed by atoms with Gasteiger partial charge >= 0.3 is 0 Å². The van der Waals surface area contributed by atoms with Gasteiger partial charge in [-0.3, -0.25) is 9.78 Å². The van der Waals surface area contributed by atoms with Gasteiger partial charge in [-0.1, -0.05) is 6.92 Å². The number of hydrogen-bond donors (Lipinski definition) is 0. The van der Waals surface area contributed by atoms with Crippen LogP contribution in [0.25, 0.3) is 21.6 Å². The van der Waals surface area contributed by atoms with Crippen molar-refractivity contribution in [1.82, 2.24) is 19.9 Å². The summed E-state index contributed by atoms with van der Waals surface area (Å²) in [6, 6.07) is 3.94. The molecule has 1 aliphatic carbocycles. The summed E-state index contributed by atoms with van der Waals surface area (Å²) in [7, 11) is 0. The lowest BCUT2D eigenvalue weighted by Gasteiger charge is -2.35. The van der Waals surface area contributed by atoms with Crippen LogP contribution in [0.5, 0.6) is 0 Å². The fourth-order valence-corrected chi connectivity index (χ4v) is 5.79. The van der Waals surface area contributed by atoms with Crippen molar-refractivity contribution in [1.29, 1.82) is 0 Å². The van der Waals surface area contributed by atoms with Crippen molar-refractivity contribution in [3.05, 3.63) is 35.0 Å². The van der Waals surface area contributed by atoms with E-state index < -0.39 is 0 Å². The summed E-state index contributed by atoms with van der Waals surface area (Å²) in [5.74, 6) is 2.64. The number of aromatic nitrogens is 3. The van der Waals surface area contributed by atoms with Crippen LogP contribution in [0, 0.1) is 5.92 Å². The maximum atomic E-state index is 11.8. The summed E-state index contributed by atoms with van der Waals surface area (Å²) in [5, 5.41) is 1.24. The number of hydrogen-bond acceptors (Lipinski definition) is 6. The van der Waals surface area contributed by atoms with E-state index in [9.17, 15) is 4.79 Å². The van der Waals surface area contributed by atoms with Crippen LogP contribution in [0.3, 0.4) is 0 Å². The first-order valence-electron chi connectivity index (χ1n) is 10.3. The zero-order chi connectivity index (χ0) is 20.0. The summed E-state index contributed by atoms with van der Waals surface area (Å²) in [6.07, 6.45) is 7.06. The van der Waals surface area contributed by atoms with Crippen molar-refractivity contribution in [3.8, 4) is 11.4 Å². The minimum atomic E-state index is 0.149. The van der Waals surface area contributed by atoms with E-state index in [0.29, 0.717) is 0 Å². The third-order valence-electron chi connectivity index (χ3n) is 6.08. The Bertz CT molecular complexity index is 1060. The van der Waals surface area contributed by atoms with E-state index in [2.05, 4.69) is 16.8 Å². The molecular formula is C22H25N5OS. The molecule has 1 aliphatic heterocycles. The smallest absolute Gasteiger partial charge is 0.219 e. The Morgan fingerprint density at radius 3 is 2.76 bits per heavy atom. The predicted octanol–water partition coefficient (Wildman–Crippen LogP) is 3.55. The van der Waals surface area contributed by atoms with Crippen molar-refractivity contribution in [3.63, 3.8) is 0 Å². The highest BCUT2D eigenvalue weighted by atomic mass is 32.1. The molecule has 1 fully saturated rings. The third kappa shape index (κ3) is 3.37. The summed E-state index contributed by atoms with van der Waals surface area (Å²) in [5.41, 5.74) is 2.39. The highest BCUT2D eigenvalue weighted by Crippen LogP contribution is 2.42. The van der Waals surface area contributed by atoms with E-state index in [1.165, 1.54) is 22.2 Å². The van der Waals surface area contributed by atoms with Gasteiger partial charge in [-0.05, 0) is 42.9 Å². The maximum absolute atomic E-state index is 11.8. The van der Waals surface area contributed by atoms with Gasteiger partial charge in [-0.15, -0.1) is 11.3 Å². The molecule has 0 aromatic carbocycles. The largest absolute Gasteiger partial charge is 0.352 e. The molecule has 1 saturated heterocycles. The quantitative estimate of drug-likeness (QED) is 0.650. The summed E-state index contributed by atoms with van der Waals surface area (Å²) < 4.78 is 0. The Kier molecular flexibility index (Phi) is 4.70. The molecule has 7 heteroatoms. The van der Waals surface area contributed by atoms with Crippen molar-refractivity contribution in [2.24, 2.45) is 5.92 Å². The number of piperazine rings is 1. The van der Waals surface area contributed by atoms with Gasteiger partial charge in [0.05, 0.1) is 5.39 Å². The minimum absolute atomic E-state index is 0.149. The first kappa shape index (κ1) is 18.5. The Balaban J connectivity index is 1.63. The molecule has 4 heterocycles. The molecule has 0 radical (unpaired) electrons. The maximum Gasteiger partial charge on any atom is 0.219 e. The van der Waals surface area contributed by atoms with Crippen molar-refractivity contribution < 1.29 is 4.79 Å². The Hall–Kier alpha value is -2.54. The van der Waals surface area contributed by atoms with Gasteiger partial charge in [0, 0.05) is 55.9 Å². The van der Waals surface area contributed by atoms with Crippen LogP contribution in [0.1, 0.15) is 30.7 Å². The average molecular weight is 408 g/mol. The molecule has 5 rings (SSSR count). The lowest BCUT2D eigenvalue weighted by Crippen LogP contribution is -2.48. The molecule has 0 bridgehead atoms.